The van der Waals surface area contributed by atoms with Crippen molar-refractivity contribution in [1.29, 1.82) is 0 Å². The number of phenols is 1. The van der Waals surface area contributed by atoms with Crippen LogP contribution in [-0.2, 0) is 11.2 Å². The first kappa shape index (κ1) is 19.5. The highest BCUT2D eigenvalue weighted by Gasteiger charge is 2.16. The van der Waals surface area contributed by atoms with Gasteiger partial charge < -0.3 is 15.7 Å². The van der Waals surface area contributed by atoms with Crippen LogP contribution in [0.25, 0.3) is 0 Å². The molecule has 0 aromatic heterocycles. The van der Waals surface area contributed by atoms with Crippen LogP contribution >= 0.6 is 0 Å². The van der Waals surface area contributed by atoms with E-state index >= 15 is 0 Å². The van der Waals surface area contributed by atoms with Crippen LogP contribution < -0.4 is 10.6 Å². The summed E-state index contributed by atoms with van der Waals surface area (Å²) >= 11 is 0. The fourth-order valence-corrected chi connectivity index (χ4v) is 2.64. The molecule has 0 spiro atoms. The molecule has 0 aliphatic rings. The molecule has 2 aromatic carbocycles. The van der Waals surface area contributed by atoms with E-state index in [1.54, 1.807) is 0 Å². The highest BCUT2D eigenvalue weighted by molar-refractivity contribution is 5.96. The van der Waals surface area contributed by atoms with Crippen LogP contribution in [0, 0.1) is 11.8 Å². The fourth-order valence-electron chi connectivity index (χ4n) is 2.64. The monoisotopic (exact) mass is 354 g/mol. The van der Waals surface area contributed by atoms with Crippen LogP contribution in [0.15, 0.2) is 54.6 Å². The van der Waals surface area contributed by atoms with Gasteiger partial charge in [-0.05, 0) is 48.1 Å². The second-order valence-corrected chi connectivity index (χ2v) is 6.73. The number of hydrogen-bond donors (Lipinski definition) is 3. The van der Waals surface area contributed by atoms with Crippen LogP contribution in [-0.4, -0.2) is 30.0 Å². The predicted octanol–water partition coefficient (Wildman–Crippen LogP) is 2.75. The minimum atomic E-state index is -0.343. The van der Waals surface area contributed by atoms with Crippen LogP contribution in [0.5, 0.6) is 5.75 Å². The van der Waals surface area contributed by atoms with Gasteiger partial charge >= 0.3 is 0 Å². The van der Waals surface area contributed by atoms with Gasteiger partial charge in [-0.25, -0.2) is 0 Å². The SMILES string of the molecule is CC(C)[C@H](CNC(=O)CNC(=O)c1ccc(O)cc1)Cc1ccccc1. The quantitative estimate of drug-likeness (QED) is 0.682. The van der Waals surface area contributed by atoms with Gasteiger partial charge in [0, 0.05) is 12.1 Å². The molecular weight excluding hydrogens is 328 g/mol. The van der Waals surface area contributed by atoms with E-state index in [4.69, 9.17) is 0 Å². The third-order valence-electron chi connectivity index (χ3n) is 4.38. The zero-order chi connectivity index (χ0) is 18.9. The molecule has 3 N–H and O–H groups in total. The Morgan fingerprint density at radius 1 is 0.962 bits per heavy atom. The Hall–Kier alpha value is -2.82. The molecule has 2 amide bonds. The average Bonchev–Trinajstić information content (AvgIpc) is 2.64. The molecular formula is C21H26N2O3. The summed E-state index contributed by atoms with van der Waals surface area (Å²) in [4.78, 5) is 24.0. The highest BCUT2D eigenvalue weighted by atomic mass is 16.3. The van der Waals surface area contributed by atoms with Gasteiger partial charge in [0.25, 0.3) is 5.91 Å². The lowest BCUT2D eigenvalue weighted by atomic mass is 9.89. The van der Waals surface area contributed by atoms with E-state index < -0.39 is 0 Å². The minimum Gasteiger partial charge on any atom is -0.508 e. The van der Waals surface area contributed by atoms with Gasteiger partial charge in [0.1, 0.15) is 5.75 Å². The summed E-state index contributed by atoms with van der Waals surface area (Å²) in [7, 11) is 0. The van der Waals surface area contributed by atoms with Crippen molar-refractivity contribution < 1.29 is 14.7 Å². The van der Waals surface area contributed by atoms with Crippen molar-refractivity contribution in [3.63, 3.8) is 0 Å². The summed E-state index contributed by atoms with van der Waals surface area (Å²) in [5, 5.41) is 14.7. The number of phenolic OH excluding ortho intramolecular Hbond substituents is 1. The Balaban J connectivity index is 1.78. The molecule has 0 unspecified atom stereocenters. The van der Waals surface area contributed by atoms with Gasteiger partial charge in [-0.3, -0.25) is 9.59 Å². The molecule has 0 saturated carbocycles. The molecule has 138 valence electrons. The zero-order valence-corrected chi connectivity index (χ0v) is 15.2. The Kier molecular flexibility index (Phi) is 7.21. The summed E-state index contributed by atoms with van der Waals surface area (Å²) in [6, 6.07) is 16.1. The summed E-state index contributed by atoms with van der Waals surface area (Å²) in [6.07, 6.45) is 0.901. The zero-order valence-electron chi connectivity index (χ0n) is 15.2. The summed E-state index contributed by atoms with van der Waals surface area (Å²) < 4.78 is 0. The van der Waals surface area contributed by atoms with E-state index in [1.807, 2.05) is 18.2 Å². The molecule has 1 atom stereocenters. The van der Waals surface area contributed by atoms with Crippen molar-refractivity contribution in [2.75, 3.05) is 13.1 Å². The molecule has 0 aliphatic heterocycles. The molecule has 2 rings (SSSR count). The molecule has 0 bridgehead atoms. The predicted molar refractivity (Wildman–Crippen MR) is 102 cm³/mol. The number of amides is 2. The second-order valence-electron chi connectivity index (χ2n) is 6.73. The maximum Gasteiger partial charge on any atom is 0.251 e. The maximum absolute atomic E-state index is 12.0. The third-order valence-corrected chi connectivity index (χ3v) is 4.38. The largest absolute Gasteiger partial charge is 0.508 e. The lowest BCUT2D eigenvalue weighted by Gasteiger charge is -2.21. The summed E-state index contributed by atoms with van der Waals surface area (Å²) in [5.74, 6) is 0.300. The molecule has 0 fully saturated rings. The number of rotatable bonds is 8. The Bertz CT molecular complexity index is 712. The number of aromatic hydroxyl groups is 1. The summed E-state index contributed by atoms with van der Waals surface area (Å²) in [6.45, 7) is 4.79. The van der Waals surface area contributed by atoms with Crippen molar-refractivity contribution in [2.45, 2.75) is 20.3 Å². The smallest absolute Gasteiger partial charge is 0.251 e. The topological polar surface area (TPSA) is 78.4 Å². The molecule has 5 heteroatoms. The van der Waals surface area contributed by atoms with Gasteiger partial charge in [0.15, 0.2) is 0 Å². The Labute approximate surface area is 154 Å². The first-order chi connectivity index (χ1) is 12.5. The van der Waals surface area contributed by atoms with E-state index in [-0.39, 0.29) is 24.1 Å². The number of nitrogens with one attached hydrogen (secondary N) is 2. The lowest BCUT2D eigenvalue weighted by Crippen LogP contribution is -2.40. The molecule has 0 aliphatic carbocycles. The van der Waals surface area contributed by atoms with Gasteiger partial charge in [0.2, 0.25) is 5.91 Å². The van der Waals surface area contributed by atoms with Crippen molar-refractivity contribution in [3.05, 3.63) is 65.7 Å². The molecule has 26 heavy (non-hydrogen) atoms. The second kappa shape index (κ2) is 9.61. The number of carbonyl (C=O) groups is 2. The normalized spacial score (nSPS) is 11.8. The van der Waals surface area contributed by atoms with Crippen molar-refractivity contribution in [1.82, 2.24) is 10.6 Å². The molecule has 0 saturated heterocycles. The van der Waals surface area contributed by atoms with E-state index in [0.29, 0.717) is 23.9 Å². The molecule has 2 aromatic rings. The third kappa shape index (κ3) is 6.24. The van der Waals surface area contributed by atoms with Crippen LogP contribution in [0.4, 0.5) is 0 Å². The number of carbonyl (C=O) groups excluding carboxylic acids is 2. The van der Waals surface area contributed by atoms with Crippen molar-refractivity contribution in [2.24, 2.45) is 11.8 Å². The summed E-state index contributed by atoms with van der Waals surface area (Å²) in [5.41, 5.74) is 1.65. The van der Waals surface area contributed by atoms with E-state index in [9.17, 15) is 14.7 Å². The lowest BCUT2D eigenvalue weighted by molar-refractivity contribution is -0.120. The van der Waals surface area contributed by atoms with Gasteiger partial charge in [-0.2, -0.15) is 0 Å². The molecule has 5 nitrogen and oxygen atoms in total. The highest BCUT2D eigenvalue weighted by Crippen LogP contribution is 2.16. The van der Waals surface area contributed by atoms with E-state index in [2.05, 4.69) is 36.6 Å². The van der Waals surface area contributed by atoms with Crippen molar-refractivity contribution in [3.8, 4) is 5.75 Å². The van der Waals surface area contributed by atoms with Gasteiger partial charge in [-0.15, -0.1) is 0 Å². The molecule has 0 heterocycles. The fraction of sp³-hybridized carbons (Fsp3) is 0.333. The van der Waals surface area contributed by atoms with Crippen LogP contribution in [0.1, 0.15) is 29.8 Å². The Morgan fingerprint density at radius 2 is 1.62 bits per heavy atom. The van der Waals surface area contributed by atoms with E-state index in [0.717, 1.165) is 6.42 Å². The molecule has 0 radical (unpaired) electrons. The minimum absolute atomic E-state index is 0.0735. The maximum atomic E-state index is 12.0. The van der Waals surface area contributed by atoms with Crippen molar-refractivity contribution >= 4 is 11.8 Å². The first-order valence-electron chi connectivity index (χ1n) is 8.83. The number of hydrogen-bond acceptors (Lipinski definition) is 3. The van der Waals surface area contributed by atoms with Gasteiger partial charge in [-0.1, -0.05) is 44.2 Å². The number of benzene rings is 2. The van der Waals surface area contributed by atoms with E-state index in [1.165, 1.54) is 29.8 Å². The van der Waals surface area contributed by atoms with Crippen LogP contribution in [0.2, 0.25) is 0 Å². The van der Waals surface area contributed by atoms with Gasteiger partial charge in [0.05, 0.1) is 6.54 Å². The average molecular weight is 354 g/mol. The standard InChI is InChI=1S/C21H26N2O3/c1-15(2)18(12-16-6-4-3-5-7-16)13-22-20(25)14-23-21(26)17-8-10-19(24)11-9-17/h3-11,15,18,24H,12-14H2,1-2H3,(H,22,25)(H,23,26)/t18-/m0/s1. The van der Waals surface area contributed by atoms with Crippen LogP contribution in [0.3, 0.4) is 0 Å². The first-order valence-corrected chi connectivity index (χ1v) is 8.83. The Morgan fingerprint density at radius 3 is 2.23 bits per heavy atom.